The third kappa shape index (κ3) is 4.13. The molecule has 2 aromatic heterocycles. The highest BCUT2D eigenvalue weighted by molar-refractivity contribution is 5.94. The Morgan fingerprint density at radius 3 is 2.55 bits per heavy atom. The van der Waals surface area contributed by atoms with Crippen LogP contribution in [0.2, 0.25) is 0 Å². The third-order valence-corrected chi connectivity index (χ3v) is 5.64. The van der Waals surface area contributed by atoms with Crippen molar-refractivity contribution in [2.24, 2.45) is 0 Å². The molecular formula is C24H24N6O. The molecule has 31 heavy (non-hydrogen) atoms. The van der Waals surface area contributed by atoms with Gasteiger partial charge in [-0.3, -0.25) is 9.78 Å². The van der Waals surface area contributed by atoms with Gasteiger partial charge in [-0.05, 0) is 43.4 Å². The molecule has 0 atom stereocenters. The van der Waals surface area contributed by atoms with Crippen LogP contribution in [0.3, 0.4) is 0 Å². The number of carbonyl (C=O) groups is 1. The van der Waals surface area contributed by atoms with Gasteiger partial charge < -0.3 is 20.1 Å². The molecular weight excluding hydrogens is 388 g/mol. The molecule has 1 saturated heterocycles. The lowest BCUT2D eigenvalue weighted by molar-refractivity contribution is 0.0664. The van der Waals surface area contributed by atoms with Crippen molar-refractivity contribution < 1.29 is 4.79 Å². The predicted molar refractivity (Wildman–Crippen MR) is 122 cm³/mol. The number of hydrogen-bond acceptors (Lipinski definition) is 5. The van der Waals surface area contributed by atoms with Gasteiger partial charge in [0.2, 0.25) is 0 Å². The van der Waals surface area contributed by atoms with Gasteiger partial charge in [0.25, 0.3) is 5.91 Å². The van der Waals surface area contributed by atoms with E-state index in [4.69, 9.17) is 0 Å². The van der Waals surface area contributed by atoms with Crippen molar-refractivity contribution in [1.29, 1.82) is 0 Å². The first-order valence-corrected chi connectivity index (χ1v) is 10.4. The van der Waals surface area contributed by atoms with Gasteiger partial charge in [-0.2, -0.15) is 0 Å². The van der Waals surface area contributed by atoms with Gasteiger partial charge in [-0.1, -0.05) is 18.2 Å². The van der Waals surface area contributed by atoms with Crippen LogP contribution in [0.4, 0.5) is 11.5 Å². The molecule has 7 nitrogen and oxygen atoms in total. The standard InChI is InChI=1S/C24H24N6O/c1-29-10-12-30(13-11-29)24(31)17-6-8-19(9-7-17)26-23-16-25-15-22(28-23)21-14-18-4-2-3-5-20(18)27-21/h2-9,14-16,27H,10-13H2,1H3,(H,26,28). The summed E-state index contributed by atoms with van der Waals surface area (Å²) < 4.78 is 0. The number of anilines is 2. The molecule has 1 fully saturated rings. The number of hydrogen-bond donors (Lipinski definition) is 2. The molecule has 1 amide bonds. The van der Waals surface area contributed by atoms with E-state index in [1.54, 1.807) is 12.4 Å². The molecule has 2 aromatic carbocycles. The number of piperazine rings is 1. The monoisotopic (exact) mass is 412 g/mol. The number of amides is 1. The average Bonchev–Trinajstić information content (AvgIpc) is 3.24. The van der Waals surface area contributed by atoms with Crippen LogP contribution in [0.5, 0.6) is 0 Å². The summed E-state index contributed by atoms with van der Waals surface area (Å²) in [5.41, 5.74) is 4.32. The van der Waals surface area contributed by atoms with Crippen LogP contribution >= 0.6 is 0 Å². The fraction of sp³-hybridized carbons (Fsp3) is 0.208. The van der Waals surface area contributed by atoms with Crippen LogP contribution in [0.15, 0.2) is 67.0 Å². The zero-order valence-electron chi connectivity index (χ0n) is 17.4. The van der Waals surface area contributed by atoms with Crippen LogP contribution in [-0.2, 0) is 0 Å². The molecule has 7 heteroatoms. The quantitative estimate of drug-likeness (QED) is 0.534. The zero-order valence-corrected chi connectivity index (χ0v) is 17.4. The lowest BCUT2D eigenvalue weighted by Gasteiger charge is -2.32. The van der Waals surface area contributed by atoms with Gasteiger partial charge in [0, 0.05) is 48.3 Å². The highest BCUT2D eigenvalue weighted by Crippen LogP contribution is 2.24. The van der Waals surface area contributed by atoms with Gasteiger partial charge in [0.15, 0.2) is 0 Å². The summed E-state index contributed by atoms with van der Waals surface area (Å²) in [6.45, 7) is 3.37. The minimum atomic E-state index is 0.0836. The van der Waals surface area contributed by atoms with Crippen molar-refractivity contribution in [2.75, 3.05) is 38.5 Å². The minimum absolute atomic E-state index is 0.0836. The number of para-hydroxylation sites is 1. The van der Waals surface area contributed by atoms with Crippen molar-refractivity contribution in [3.05, 3.63) is 72.6 Å². The Hall–Kier alpha value is -3.71. The molecule has 3 heterocycles. The number of H-pyrrole nitrogens is 1. The van der Waals surface area contributed by atoms with E-state index in [0.29, 0.717) is 11.4 Å². The maximum atomic E-state index is 12.7. The average molecular weight is 412 g/mol. The molecule has 0 unspecified atom stereocenters. The number of nitrogens with one attached hydrogen (secondary N) is 2. The van der Waals surface area contributed by atoms with Crippen molar-refractivity contribution in [2.45, 2.75) is 0 Å². The second-order valence-corrected chi connectivity index (χ2v) is 7.86. The summed E-state index contributed by atoms with van der Waals surface area (Å²) in [6, 6.07) is 17.7. The SMILES string of the molecule is CN1CCN(C(=O)c2ccc(Nc3cncc(-c4cc5ccccc5[nH]4)n3)cc2)CC1. The largest absolute Gasteiger partial charge is 0.353 e. The molecule has 0 bridgehead atoms. The molecule has 156 valence electrons. The van der Waals surface area contributed by atoms with Crippen LogP contribution in [0.1, 0.15) is 10.4 Å². The number of carbonyl (C=O) groups excluding carboxylic acids is 1. The van der Waals surface area contributed by atoms with Crippen molar-refractivity contribution in [3.63, 3.8) is 0 Å². The van der Waals surface area contributed by atoms with Gasteiger partial charge in [-0.25, -0.2) is 4.98 Å². The molecule has 2 N–H and O–H groups in total. The third-order valence-electron chi connectivity index (χ3n) is 5.64. The van der Waals surface area contributed by atoms with E-state index in [-0.39, 0.29) is 5.91 Å². The number of aromatic amines is 1. The van der Waals surface area contributed by atoms with E-state index in [2.05, 4.69) is 44.3 Å². The fourth-order valence-corrected chi connectivity index (χ4v) is 3.80. The van der Waals surface area contributed by atoms with E-state index < -0.39 is 0 Å². The molecule has 0 saturated carbocycles. The van der Waals surface area contributed by atoms with Gasteiger partial charge in [-0.15, -0.1) is 0 Å². The molecule has 0 radical (unpaired) electrons. The number of likely N-dealkylation sites (N-methyl/N-ethyl adjacent to an activating group) is 1. The summed E-state index contributed by atoms with van der Waals surface area (Å²) in [4.78, 5) is 29.3. The first-order chi connectivity index (χ1) is 15.2. The highest BCUT2D eigenvalue weighted by Gasteiger charge is 2.20. The molecule has 0 aliphatic carbocycles. The number of benzene rings is 2. The molecule has 5 rings (SSSR count). The molecule has 1 aliphatic rings. The van der Waals surface area contributed by atoms with Crippen molar-refractivity contribution in [3.8, 4) is 11.4 Å². The fourth-order valence-electron chi connectivity index (χ4n) is 3.80. The first-order valence-electron chi connectivity index (χ1n) is 10.4. The summed E-state index contributed by atoms with van der Waals surface area (Å²) in [6.07, 6.45) is 3.43. The Bertz CT molecular complexity index is 1180. The molecule has 1 aliphatic heterocycles. The Kier molecular flexibility index (Phi) is 5.09. The zero-order chi connectivity index (χ0) is 21.2. The summed E-state index contributed by atoms with van der Waals surface area (Å²) in [7, 11) is 2.08. The van der Waals surface area contributed by atoms with E-state index in [1.807, 2.05) is 47.4 Å². The Morgan fingerprint density at radius 1 is 1.00 bits per heavy atom. The summed E-state index contributed by atoms with van der Waals surface area (Å²) in [5, 5.41) is 4.42. The number of rotatable bonds is 4. The van der Waals surface area contributed by atoms with Crippen LogP contribution in [-0.4, -0.2) is 63.9 Å². The van der Waals surface area contributed by atoms with Gasteiger partial charge in [0.1, 0.15) is 11.5 Å². The van der Waals surface area contributed by atoms with E-state index >= 15 is 0 Å². The van der Waals surface area contributed by atoms with E-state index in [9.17, 15) is 4.79 Å². The van der Waals surface area contributed by atoms with Crippen molar-refractivity contribution >= 4 is 28.3 Å². The predicted octanol–water partition coefficient (Wildman–Crippen LogP) is 3.76. The van der Waals surface area contributed by atoms with Gasteiger partial charge in [0.05, 0.1) is 18.1 Å². The maximum Gasteiger partial charge on any atom is 0.253 e. The topological polar surface area (TPSA) is 77.1 Å². The van der Waals surface area contributed by atoms with Crippen molar-refractivity contribution in [1.82, 2.24) is 24.8 Å². The maximum absolute atomic E-state index is 12.7. The van der Waals surface area contributed by atoms with Crippen LogP contribution in [0.25, 0.3) is 22.3 Å². The second-order valence-electron chi connectivity index (χ2n) is 7.86. The smallest absolute Gasteiger partial charge is 0.253 e. The normalized spacial score (nSPS) is 14.7. The Morgan fingerprint density at radius 2 is 1.77 bits per heavy atom. The Labute approximate surface area is 180 Å². The second kappa shape index (κ2) is 8.20. The number of fused-ring (bicyclic) bond motifs is 1. The minimum Gasteiger partial charge on any atom is -0.353 e. The Balaban J connectivity index is 1.30. The lowest BCUT2D eigenvalue weighted by atomic mass is 10.1. The highest BCUT2D eigenvalue weighted by atomic mass is 16.2. The molecule has 0 spiro atoms. The lowest BCUT2D eigenvalue weighted by Crippen LogP contribution is -2.47. The van der Waals surface area contributed by atoms with Crippen LogP contribution in [0, 0.1) is 0 Å². The first kappa shape index (κ1) is 19.3. The van der Waals surface area contributed by atoms with E-state index in [0.717, 1.165) is 54.2 Å². The van der Waals surface area contributed by atoms with E-state index in [1.165, 1.54) is 0 Å². The summed E-state index contributed by atoms with van der Waals surface area (Å²) >= 11 is 0. The summed E-state index contributed by atoms with van der Waals surface area (Å²) in [5.74, 6) is 0.731. The number of aromatic nitrogens is 3. The van der Waals surface area contributed by atoms with Crippen LogP contribution < -0.4 is 5.32 Å². The number of nitrogens with zero attached hydrogens (tertiary/aromatic N) is 4. The molecule has 4 aromatic rings. The van der Waals surface area contributed by atoms with Gasteiger partial charge >= 0.3 is 0 Å².